The molecule has 1 saturated heterocycles. The Morgan fingerprint density at radius 3 is 2.54 bits per heavy atom. The van der Waals surface area contributed by atoms with Crippen LogP contribution in [0.5, 0.6) is 0 Å². The number of hydrogen-bond donors (Lipinski definition) is 0. The maximum absolute atomic E-state index is 13.3. The lowest BCUT2D eigenvalue weighted by molar-refractivity contribution is 0.0902. The molecule has 1 atom stereocenters. The number of halogens is 1. The summed E-state index contributed by atoms with van der Waals surface area (Å²) in [6.45, 7) is 4.92. The SMILES string of the molecule is CC(C)[C@H]1COCCS(=O)(=O)N1Cc1ccccc1-c1ccc(F)cc1. The second-order valence-corrected chi connectivity index (χ2v) is 8.95. The molecule has 0 aromatic heterocycles. The maximum Gasteiger partial charge on any atom is 0.217 e. The predicted molar refractivity (Wildman–Crippen MR) is 101 cm³/mol. The Hall–Kier alpha value is -1.76. The predicted octanol–water partition coefficient (Wildman–Crippen LogP) is 3.68. The van der Waals surface area contributed by atoms with E-state index in [4.69, 9.17) is 4.74 Å². The first-order chi connectivity index (χ1) is 12.4. The summed E-state index contributed by atoms with van der Waals surface area (Å²) in [5.74, 6) is -0.159. The zero-order valence-electron chi connectivity index (χ0n) is 15.1. The fourth-order valence-corrected chi connectivity index (χ4v) is 4.87. The number of ether oxygens (including phenoxy) is 1. The first kappa shape index (κ1) is 19.0. The molecule has 2 aromatic rings. The van der Waals surface area contributed by atoms with Gasteiger partial charge < -0.3 is 4.74 Å². The molecule has 3 rings (SSSR count). The van der Waals surface area contributed by atoms with Crippen molar-refractivity contribution in [2.24, 2.45) is 5.92 Å². The van der Waals surface area contributed by atoms with Crippen molar-refractivity contribution in [1.29, 1.82) is 0 Å². The van der Waals surface area contributed by atoms with Gasteiger partial charge in [-0.2, -0.15) is 4.31 Å². The smallest absolute Gasteiger partial charge is 0.217 e. The van der Waals surface area contributed by atoms with Gasteiger partial charge in [-0.1, -0.05) is 50.2 Å². The van der Waals surface area contributed by atoms with Gasteiger partial charge in [0.15, 0.2) is 0 Å². The number of nitrogens with zero attached hydrogens (tertiary/aromatic N) is 1. The largest absolute Gasteiger partial charge is 0.379 e. The van der Waals surface area contributed by atoms with Crippen molar-refractivity contribution >= 4 is 10.0 Å². The van der Waals surface area contributed by atoms with Crippen molar-refractivity contribution in [1.82, 2.24) is 4.31 Å². The highest BCUT2D eigenvalue weighted by Gasteiger charge is 2.34. The van der Waals surface area contributed by atoms with Crippen LogP contribution in [0.4, 0.5) is 4.39 Å². The molecule has 0 spiro atoms. The standard InChI is InChI=1S/C20H24FNO3S/c1-15(2)20-14-25-11-12-26(23,24)22(20)13-17-5-3-4-6-19(17)16-7-9-18(21)10-8-16/h3-10,15,20H,11-14H2,1-2H3/t20-/m1/s1. The number of rotatable bonds is 4. The van der Waals surface area contributed by atoms with Crippen molar-refractivity contribution < 1.29 is 17.5 Å². The minimum atomic E-state index is -3.41. The molecule has 1 fully saturated rings. The molecule has 0 N–H and O–H groups in total. The van der Waals surface area contributed by atoms with Gasteiger partial charge in [0.2, 0.25) is 10.0 Å². The summed E-state index contributed by atoms with van der Waals surface area (Å²) in [5, 5.41) is 0. The van der Waals surface area contributed by atoms with E-state index in [-0.39, 0.29) is 36.7 Å². The maximum atomic E-state index is 13.3. The van der Waals surface area contributed by atoms with Crippen LogP contribution in [0.15, 0.2) is 48.5 Å². The summed E-state index contributed by atoms with van der Waals surface area (Å²) in [5.41, 5.74) is 2.68. The summed E-state index contributed by atoms with van der Waals surface area (Å²) in [4.78, 5) is 0. The molecule has 140 valence electrons. The molecule has 26 heavy (non-hydrogen) atoms. The number of hydrogen-bond acceptors (Lipinski definition) is 3. The quantitative estimate of drug-likeness (QED) is 0.817. The lowest BCUT2D eigenvalue weighted by Gasteiger charge is -2.31. The topological polar surface area (TPSA) is 46.6 Å². The molecular weight excluding hydrogens is 353 g/mol. The van der Waals surface area contributed by atoms with E-state index in [0.717, 1.165) is 16.7 Å². The molecule has 6 heteroatoms. The Balaban J connectivity index is 2.00. The molecule has 0 bridgehead atoms. The molecule has 0 amide bonds. The molecule has 2 aromatic carbocycles. The number of sulfonamides is 1. The van der Waals surface area contributed by atoms with E-state index in [2.05, 4.69) is 0 Å². The summed E-state index contributed by atoms with van der Waals surface area (Å²) >= 11 is 0. The third-order valence-electron chi connectivity index (χ3n) is 4.77. The average Bonchev–Trinajstić information content (AvgIpc) is 2.75. The molecule has 1 aliphatic rings. The van der Waals surface area contributed by atoms with E-state index >= 15 is 0 Å². The van der Waals surface area contributed by atoms with E-state index in [9.17, 15) is 12.8 Å². The second kappa shape index (κ2) is 7.86. The fourth-order valence-electron chi connectivity index (χ4n) is 3.25. The molecule has 1 heterocycles. The summed E-state index contributed by atoms with van der Waals surface area (Å²) < 4.78 is 46.0. The molecular formula is C20H24FNO3S. The molecule has 0 radical (unpaired) electrons. The zero-order valence-corrected chi connectivity index (χ0v) is 15.9. The van der Waals surface area contributed by atoms with Crippen LogP contribution < -0.4 is 0 Å². The Morgan fingerprint density at radius 2 is 1.85 bits per heavy atom. The molecule has 0 saturated carbocycles. The van der Waals surface area contributed by atoms with Crippen LogP contribution in [-0.4, -0.2) is 37.7 Å². The molecule has 1 aliphatic heterocycles. The van der Waals surface area contributed by atoms with Gasteiger partial charge in [0.25, 0.3) is 0 Å². The first-order valence-electron chi connectivity index (χ1n) is 8.79. The van der Waals surface area contributed by atoms with Gasteiger partial charge in [-0.15, -0.1) is 0 Å². The lowest BCUT2D eigenvalue weighted by Crippen LogP contribution is -2.44. The monoisotopic (exact) mass is 377 g/mol. The van der Waals surface area contributed by atoms with Crippen LogP contribution in [0.25, 0.3) is 11.1 Å². The van der Waals surface area contributed by atoms with Crippen LogP contribution in [0, 0.1) is 11.7 Å². The minimum Gasteiger partial charge on any atom is -0.379 e. The van der Waals surface area contributed by atoms with Gasteiger partial charge in [-0.25, -0.2) is 12.8 Å². The van der Waals surface area contributed by atoms with Gasteiger partial charge in [0, 0.05) is 6.54 Å². The van der Waals surface area contributed by atoms with Crippen molar-refractivity contribution in [2.75, 3.05) is 19.0 Å². The van der Waals surface area contributed by atoms with Gasteiger partial charge in [-0.05, 0) is 34.7 Å². The summed E-state index contributed by atoms with van der Waals surface area (Å²) in [6, 6.07) is 13.7. The molecule has 4 nitrogen and oxygen atoms in total. The Bertz CT molecular complexity index is 850. The Kier molecular flexibility index (Phi) is 5.75. The minimum absolute atomic E-state index is 0.00502. The third kappa shape index (κ3) is 4.14. The van der Waals surface area contributed by atoms with Crippen molar-refractivity contribution in [3.05, 3.63) is 59.9 Å². The average molecular weight is 377 g/mol. The van der Waals surface area contributed by atoms with Gasteiger partial charge in [0.05, 0.1) is 25.0 Å². The zero-order chi connectivity index (χ0) is 18.7. The third-order valence-corrected chi connectivity index (χ3v) is 6.57. The van der Waals surface area contributed by atoms with E-state index < -0.39 is 10.0 Å². The normalized spacial score (nSPS) is 20.8. The summed E-state index contributed by atoms with van der Waals surface area (Å²) in [6.07, 6.45) is 0. The molecule has 0 unspecified atom stereocenters. The van der Waals surface area contributed by atoms with E-state index in [1.54, 1.807) is 16.4 Å². The second-order valence-electron chi connectivity index (χ2n) is 6.91. The van der Waals surface area contributed by atoms with Gasteiger partial charge in [-0.3, -0.25) is 0 Å². The summed E-state index contributed by atoms with van der Waals surface area (Å²) in [7, 11) is -3.41. The first-order valence-corrected chi connectivity index (χ1v) is 10.4. The Labute approximate surface area is 154 Å². The van der Waals surface area contributed by atoms with Crippen molar-refractivity contribution in [2.45, 2.75) is 26.4 Å². The highest BCUT2D eigenvalue weighted by Crippen LogP contribution is 2.28. The van der Waals surface area contributed by atoms with E-state index in [0.29, 0.717) is 6.61 Å². The van der Waals surface area contributed by atoms with Crippen LogP contribution in [0.1, 0.15) is 19.4 Å². The molecule has 0 aliphatic carbocycles. The highest BCUT2D eigenvalue weighted by atomic mass is 32.2. The van der Waals surface area contributed by atoms with Gasteiger partial charge in [0.1, 0.15) is 5.82 Å². The highest BCUT2D eigenvalue weighted by molar-refractivity contribution is 7.89. The van der Waals surface area contributed by atoms with Gasteiger partial charge >= 0.3 is 0 Å². The Morgan fingerprint density at radius 1 is 1.15 bits per heavy atom. The van der Waals surface area contributed by atoms with Crippen LogP contribution >= 0.6 is 0 Å². The fraction of sp³-hybridized carbons (Fsp3) is 0.400. The van der Waals surface area contributed by atoms with Crippen molar-refractivity contribution in [3.8, 4) is 11.1 Å². The lowest BCUT2D eigenvalue weighted by atomic mass is 9.98. The van der Waals surface area contributed by atoms with E-state index in [1.807, 2.05) is 38.1 Å². The van der Waals surface area contributed by atoms with Crippen molar-refractivity contribution in [3.63, 3.8) is 0 Å². The van der Waals surface area contributed by atoms with Crippen LogP contribution in [-0.2, 0) is 21.3 Å². The van der Waals surface area contributed by atoms with Crippen LogP contribution in [0.3, 0.4) is 0 Å². The van der Waals surface area contributed by atoms with Crippen LogP contribution in [0.2, 0.25) is 0 Å². The van der Waals surface area contributed by atoms with E-state index in [1.165, 1.54) is 12.1 Å². The number of benzene rings is 2.